The summed E-state index contributed by atoms with van der Waals surface area (Å²) in [6, 6.07) is 0. The molecule has 0 amide bonds. The first-order chi connectivity index (χ1) is 6.68. The summed E-state index contributed by atoms with van der Waals surface area (Å²) in [6.45, 7) is 0. The molecule has 0 aromatic carbocycles. The number of nitrogens with zero attached hydrogens (tertiary/aromatic N) is 2. The molecule has 0 saturated carbocycles. The van der Waals surface area contributed by atoms with Crippen molar-refractivity contribution >= 4 is 34.7 Å². The molecule has 0 aliphatic heterocycles. The number of allylic oxidation sites excluding steroid dienone is 2. The van der Waals surface area contributed by atoms with Crippen molar-refractivity contribution in [2.75, 3.05) is 0 Å². The molecule has 3 nitrogen and oxygen atoms in total. The van der Waals surface area contributed by atoms with Gasteiger partial charge in [0.25, 0.3) is 0 Å². The zero-order chi connectivity index (χ0) is 10.1. The van der Waals surface area contributed by atoms with Gasteiger partial charge >= 0.3 is 0 Å². The van der Waals surface area contributed by atoms with Gasteiger partial charge in [0.2, 0.25) is 0 Å². The van der Waals surface area contributed by atoms with E-state index in [9.17, 15) is 4.79 Å². The second-order valence-corrected chi connectivity index (χ2v) is 3.87. The van der Waals surface area contributed by atoms with E-state index in [2.05, 4.69) is 4.98 Å². The summed E-state index contributed by atoms with van der Waals surface area (Å²) >= 11 is 11.6. The molecule has 1 aromatic rings. The molecule has 0 atom stereocenters. The summed E-state index contributed by atoms with van der Waals surface area (Å²) < 4.78 is 1.65. The summed E-state index contributed by atoms with van der Waals surface area (Å²) in [5.41, 5.74) is 0.866. The monoisotopic (exact) mass is 230 g/mol. The fraction of sp³-hybridized carbons (Fsp3) is 0.333. The predicted molar refractivity (Wildman–Crippen MR) is 55.4 cm³/mol. The van der Waals surface area contributed by atoms with Gasteiger partial charge in [0.1, 0.15) is 6.33 Å². The van der Waals surface area contributed by atoms with Gasteiger partial charge in [-0.05, 0) is 12.8 Å². The number of aromatic nitrogens is 2. The molecule has 1 aliphatic rings. The Kier molecular flexibility index (Phi) is 2.61. The molecule has 1 aliphatic carbocycles. The highest BCUT2D eigenvalue weighted by atomic mass is 35.5. The van der Waals surface area contributed by atoms with Crippen molar-refractivity contribution in [1.29, 1.82) is 0 Å². The number of carbonyl (C=O) groups is 1. The van der Waals surface area contributed by atoms with E-state index in [1.165, 1.54) is 6.33 Å². The zero-order valence-corrected chi connectivity index (χ0v) is 8.85. The molecule has 0 saturated heterocycles. The number of halogens is 2. The molecule has 0 N–H and O–H groups in total. The van der Waals surface area contributed by atoms with Gasteiger partial charge in [-0.2, -0.15) is 0 Å². The number of ketones is 1. The number of carbonyl (C=O) groups excluding carboxylic acids is 1. The van der Waals surface area contributed by atoms with E-state index < -0.39 is 0 Å². The van der Waals surface area contributed by atoms with E-state index in [1.54, 1.807) is 10.6 Å². The maximum absolute atomic E-state index is 11.2. The Morgan fingerprint density at radius 2 is 2.14 bits per heavy atom. The van der Waals surface area contributed by atoms with Crippen molar-refractivity contribution in [3.05, 3.63) is 22.7 Å². The van der Waals surface area contributed by atoms with Gasteiger partial charge in [0.15, 0.2) is 16.1 Å². The SMILES string of the molecule is O=C1C=C(n2cnc(Cl)c2Cl)CCC1. The van der Waals surface area contributed by atoms with Gasteiger partial charge in [-0.15, -0.1) is 0 Å². The minimum Gasteiger partial charge on any atom is -0.295 e. The lowest BCUT2D eigenvalue weighted by Gasteiger charge is -2.13. The number of hydrogen-bond donors (Lipinski definition) is 0. The van der Waals surface area contributed by atoms with Gasteiger partial charge < -0.3 is 0 Å². The summed E-state index contributed by atoms with van der Waals surface area (Å²) in [5.74, 6) is 0.132. The van der Waals surface area contributed by atoms with Crippen LogP contribution in [0.4, 0.5) is 0 Å². The van der Waals surface area contributed by atoms with E-state index in [0.29, 0.717) is 11.6 Å². The van der Waals surface area contributed by atoms with Crippen LogP contribution < -0.4 is 0 Å². The second-order valence-electron chi connectivity index (χ2n) is 3.15. The van der Waals surface area contributed by atoms with Crippen molar-refractivity contribution < 1.29 is 4.79 Å². The Morgan fingerprint density at radius 1 is 1.36 bits per heavy atom. The lowest BCUT2D eigenvalue weighted by atomic mass is 10.0. The summed E-state index contributed by atoms with van der Waals surface area (Å²) in [4.78, 5) is 15.0. The molecular weight excluding hydrogens is 223 g/mol. The summed E-state index contributed by atoms with van der Waals surface area (Å²) in [7, 11) is 0. The topological polar surface area (TPSA) is 34.9 Å². The van der Waals surface area contributed by atoms with Crippen molar-refractivity contribution in [3.8, 4) is 0 Å². The van der Waals surface area contributed by atoms with Crippen LogP contribution in [0, 0.1) is 0 Å². The molecule has 1 heterocycles. The van der Waals surface area contributed by atoms with Crippen LogP contribution in [-0.2, 0) is 4.79 Å². The first-order valence-electron chi connectivity index (χ1n) is 4.30. The van der Waals surface area contributed by atoms with Crippen LogP contribution in [0.3, 0.4) is 0 Å². The molecule has 0 unspecified atom stereocenters. The molecule has 14 heavy (non-hydrogen) atoms. The molecule has 5 heteroatoms. The van der Waals surface area contributed by atoms with E-state index >= 15 is 0 Å². The Morgan fingerprint density at radius 3 is 2.71 bits per heavy atom. The highest BCUT2D eigenvalue weighted by Gasteiger charge is 2.15. The Balaban J connectivity index is 2.39. The molecular formula is C9H8Cl2N2O. The molecule has 1 aromatic heterocycles. The first kappa shape index (κ1) is 9.74. The Bertz CT molecular complexity index is 409. The normalized spacial score (nSPS) is 17.0. The van der Waals surface area contributed by atoms with E-state index in [4.69, 9.17) is 23.2 Å². The molecule has 0 spiro atoms. The number of imidazole rings is 1. The van der Waals surface area contributed by atoms with Crippen LogP contribution in [0.1, 0.15) is 19.3 Å². The van der Waals surface area contributed by atoms with Crippen molar-refractivity contribution in [1.82, 2.24) is 9.55 Å². The average molecular weight is 231 g/mol. The second kappa shape index (κ2) is 3.75. The molecule has 0 bridgehead atoms. The Hall–Kier alpha value is -0.800. The lowest BCUT2D eigenvalue weighted by Crippen LogP contribution is -2.06. The molecule has 74 valence electrons. The number of rotatable bonds is 1. The van der Waals surface area contributed by atoms with Crippen LogP contribution in [0.5, 0.6) is 0 Å². The van der Waals surface area contributed by atoms with Crippen molar-refractivity contribution in [2.24, 2.45) is 0 Å². The maximum atomic E-state index is 11.2. The highest BCUT2D eigenvalue weighted by molar-refractivity contribution is 6.40. The lowest BCUT2D eigenvalue weighted by molar-refractivity contribution is -0.114. The van der Waals surface area contributed by atoms with Crippen LogP contribution >= 0.6 is 23.2 Å². The molecule has 0 radical (unpaired) electrons. The van der Waals surface area contributed by atoms with Gasteiger partial charge in [0, 0.05) is 18.2 Å². The van der Waals surface area contributed by atoms with Gasteiger partial charge in [-0.1, -0.05) is 23.2 Å². The van der Waals surface area contributed by atoms with Gasteiger partial charge in [-0.3, -0.25) is 9.36 Å². The zero-order valence-electron chi connectivity index (χ0n) is 7.33. The maximum Gasteiger partial charge on any atom is 0.166 e. The van der Waals surface area contributed by atoms with E-state index in [0.717, 1.165) is 18.5 Å². The third-order valence-corrected chi connectivity index (χ3v) is 2.90. The largest absolute Gasteiger partial charge is 0.295 e. The fourth-order valence-electron chi connectivity index (χ4n) is 1.48. The smallest absolute Gasteiger partial charge is 0.166 e. The van der Waals surface area contributed by atoms with E-state index in [-0.39, 0.29) is 10.9 Å². The molecule has 2 rings (SSSR count). The highest BCUT2D eigenvalue weighted by Crippen LogP contribution is 2.27. The summed E-state index contributed by atoms with van der Waals surface area (Å²) in [6.07, 6.45) is 5.45. The van der Waals surface area contributed by atoms with Crippen molar-refractivity contribution in [2.45, 2.75) is 19.3 Å². The van der Waals surface area contributed by atoms with E-state index in [1.807, 2.05) is 0 Å². The fourth-order valence-corrected chi connectivity index (χ4v) is 1.81. The first-order valence-corrected chi connectivity index (χ1v) is 5.06. The third-order valence-electron chi connectivity index (χ3n) is 2.16. The minimum atomic E-state index is 0.132. The van der Waals surface area contributed by atoms with Crippen LogP contribution in [0.25, 0.3) is 5.70 Å². The summed E-state index contributed by atoms with van der Waals surface area (Å²) in [5, 5.41) is 0.637. The van der Waals surface area contributed by atoms with Gasteiger partial charge in [-0.25, -0.2) is 4.98 Å². The minimum absolute atomic E-state index is 0.132. The average Bonchev–Trinajstić information content (AvgIpc) is 2.48. The Labute approximate surface area is 91.3 Å². The predicted octanol–water partition coefficient (Wildman–Crippen LogP) is 2.78. The van der Waals surface area contributed by atoms with Gasteiger partial charge in [0.05, 0.1) is 0 Å². The van der Waals surface area contributed by atoms with Crippen LogP contribution in [-0.4, -0.2) is 15.3 Å². The van der Waals surface area contributed by atoms with Crippen LogP contribution in [0.2, 0.25) is 10.3 Å². The standard InChI is InChI=1S/C9H8Cl2N2O/c10-8-9(11)13(5-12-8)6-2-1-3-7(14)4-6/h4-5H,1-3H2. The van der Waals surface area contributed by atoms with Crippen molar-refractivity contribution in [3.63, 3.8) is 0 Å². The quantitative estimate of drug-likeness (QED) is 0.744. The number of hydrogen-bond acceptors (Lipinski definition) is 2. The third kappa shape index (κ3) is 1.70. The molecule has 0 fully saturated rings. The van der Waals surface area contributed by atoms with Crippen LogP contribution in [0.15, 0.2) is 12.4 Å².